The molecule has 1 aromatic carbocycles. The molecule has 1 aliphatic rings. The van der Waals surface area contributed by atoms with E-state index in [1.165, 1.54) is 17.5 Å². The van der Waals surface area contributed by atoms with Crippen LogP contribution in [0.25, 0.3) is 0 Å². The zero-order valence-electron chi connectivity index (χ0n) is 11.0. The molecule has 1 aromatic rings. The summed E-state index contributed by atoms with van der Waals surface area (Å²) in [6.45, 7) is 2.93. The van der Waals surface area contributed by atoms with Crippen LogP contribution >= 0.6 is 0 Å². The van der Waals surface area contributed by atoms with Crippen LogP contribution in [0.3, 0.4) is 0 Å². The number of nitrogens with zero attached hydrogens (tertiary/aromatic N) is 1. The summed E-state index contributed by atoms with van der Waals surface area (Å²) in [5.41, 5.74) is 12.3. The predicted molar refractivity (Wildman–Crippen MR) is 71.6 cm³/mol. The van der Waals surface area contributed by atoms with Crippen LogP contribution in [0.5, 0.6) is 0 Å². The number of hydrazine groups is 1. The monoisotopic (exact) mass is 233 g/mol. The van der Waals surface area contributed by atoms with E-state index in [-0.39, 0.29) is 5.54 Å². The van der Waals surface area contributed by atoms with E-state index in [1.54, 1.807) is 0 Å². The molecule has 0 aliphatic heterocycles. The first-order valence-electron chi connectivity index (χ1n) is 6.34. The van der Waals surface area contributed by atoms with Crippen LogP contribution in [0, 0.1) is 0 Å². The fraction of sp³-hybridized carbons (Fsp3) is 0.571. The van der Waals surface area contributed by atoms with Crippen LogP contribution in [0.15, 0.2) is 24.3 Å². The third kappa shape index (κ3) is 2.23. The van der Waals surface area contributed by atoms with Crippen molar-refractivity contribution < 1.29 is 0 Å². The highest BCUT2D eigenvalue weighted by Gasteiger charge is 2.37. The van der Waals surface area contributed by atoms with Gasteiger partial charge in [-0.25, -0.2) is 10.4 Å². The van der Waals surface area contributed by atoms with Crippen molar-refractivity contribution in [2.24, 2.45) is 5.73 Å². The van der Waals surface area contributed by atoms with E-state index < -0.39 is 0 Å². The summed E-state index contributed by atoms with van der Waals surface area (Å²) in [7, 11) is 4.05. The van der Waals surface area contributed by atoms with E-state index in [4.69, 9.17) is 5.73 Å². The lowest BCUT2D eigenvalue weighted by molar-refractivity contribution is 0.139. The Hall–Kier alpha value is -0.900. The highest BCUT2D eigenvalue weighted by molar-refractivity contribution is 5.38. The number of benzene rings is 1. The molecule has 17 heavy (non-hydrogen) atoms. The maximum atomic E-state index is 6.06. The molecule has 1 aliphatic carbocycles. The first-order valence-corrected chi connectivity index (χ1v) is 6.34. The minimum absolute atomic E-state index is 0.0907. The normalized spacial score (nSPS) is 28.2. The van der Waals surface area contributed by atoms with Crippen LogP contribution in [-0.2, 0) is 5.54 Å². The maximum Gasteiger partial charge on any atom is 0.0699 e. The molecule has 0 amide bonds. The van der Waals surface area contributed by atoms with Crippen molar-refractivity contribution in [3.05, 3.63) is 35.4 Å². The molecule has 0 fully saturated rings. The highest BCUT2D eigenvalue weighted by atomic mass is 15.5. The molecule has 0 saturated heterocycles. The lowest BCUT2D eigenvalue weighted by atomic mass is 9.72. The molecule has 0 radical (unpaired) electrons. The van der Waals surface area contributed by atoms with Gasteiger partial charge in [-0.05, 0) is 29.9 Å². The molecule has 3 nitrogen and oxygen atoms in total. The molecular formula is C14H23N3. The Morgan fingerprint density at radius 1 is 1.41 bits per heavy atom. The van der Waals surface area contributed by atoms with Gasteiger partial charge < -0.3 is 5.73 Å². The van der Waals surface area contributed by atoms with Crippen molar-refractivity contribution >= 4 is 0 Å². The Morgan fingerprint density at radius 2 is 2.12 bits per heavy atom. The van der Waals surface area contributed by atoms with Gasteiger partial charge in [0.1, 0.15) is 0 Å². The van der Waals surface area contributed by atoms with Gasteiger partial charge in [0, 0.05) is 20.6 Å². The summed E-state index contributed by atoms with van der Waals surface area (Å²) >= 11 is 0. The molecule has 94 valence electrons. The Kier molecular flexibility index (Phi) is 3.52. The largest absolute Gasteiger partial charge is 0.328 e. The zero-order chi connectivity index (χ0) is 12.5. The lowest BCUT2D eigenvalue weighted by Crippen LogP contribution is -2.55. The molecule has 2 unspecified atom stereocenters. The topological polar surface area (TPSA) is 41.3 Å². The molecule has 0 aromatic heterocycles. The van der Waals surface area contributed by atoms with E-state index in [2.05, 4.69) is 36.6 Å². The van der Waals surface area contributed by atoms with Crippen LogP contribution in [0.1, 0.15) is 36.8 Å². The minimum Gasteiger partial charge on any atom is -0.328 e. The standard InChI is InChI=1S/C14H23N3/c1-11-8-9-14(10-15,16-17(2)3)13-7-5-4-6-12(11)13/h4-7,11,16H,8-10,15H2,1-3H3. The van der Waals surface area contributed by atoms with Crippen LogP contribution in [0.4, 0.5) is 0 Å². The quantitative estimate of drug-likeness (QED) is 0.782. The van der Waals surface area contributed by atoms with Crippen LogP contribution in [-0.4, -0.2) is 25.6 Å². The van der Waals surface area contributed by atoms with Gasteiger partial charge in [0.05, 0.1) is 5.54 Å². The van der Waals surface area contributed by atoms with Gasteiger partial charge >= 0.3 is 0 Å². The van der Waals surface area contributed by atoms with Crippen molar-refractivity contribution in [2.45, 2.75) is 31.2 Å². The second-order valence-electron chi connectivity index (χ2n) is 5.32. The molecule has 2 atom stereocenters. The third-order valence-electron chi connectivity index (χ3n) is 3.80. The highest BCUT2D eigenvalue weighted by Crippen LogP contribution is 2.40. The number of fused-ring (bicyclic) bond motifs is 1. The van der Waals surface area contributed by atoms with Gasteiger partial charge in [-0.2, -0.15) is 0 Å². The van der Waals surface area contributed by atoms with E-state index in [1.807, 2.05) is 19.1 Å². The first-order chi connectivity index (χ1) is 8.09. The second kappa shape index (κ2) is 4.77. The zero-order valence-corrected chi connectivity index (χ0v) is 11.0. The number of hydrogen-bond donors (Lipinski definition) is 2. The van der Waals surface area contributed by atoms with Crippen molar-refractivity contribution in [1.82, 2.24) is 10.4 Å². The molecule has 0 saturated carbocycles. The SMILES string of the molecule is CC1CCC(CN)(NN(C)C)c2ccccc21. The van der Waals surface area contributed by atoms with E-state index >= 15 is 0 Å². The predicted octanol–water partition coefficient (Wildman–Crippen LogP) is 1.80. The summed E-state index contributed by atoms with van der Waals surface area (Å²) in [4.78, 5) is 0. The van der Waals surface area contributed by atoms with Crippen molar-refractivity contribution in [1.29, 1.82) is 0 Å². The molecule has 0 spiro atoms. The van der Waals surface area contributed by atoms with Crippen LogP contribution < -0.4 is 11.2 Å². The average molecular weight is 233 g/mol. The van der Waals surface area contributed by atoms with E-state index in [0.717, 1.165) is 6.42 Å². The second-order valence-corrected chi connectivity index (χ2v) is 5.32. The number of rotatable bonds is 3. The molecule has 0 heterocycles. The van der Waals surface area contributed by atoms with Gasteiger partial charge in [0.25, 0.3) is 0 Å². The third-order valence-corrected chi connectivity index (χ3v) is 3.80. The van der Waals surface area contributed by atoms with Gasteiger partial charge in [0.2, 0.25) is 0 Å². The van der Waals surface area contributed by atoms with Crippen molar-refractivity contribution in [3.63, 3.8) is 0 Å². The smallest absolute Gasteiger partial charge is 0.0699 e. The van der Waals surface area contributed by atoms with Gasteiger partial charge in [-0.3, -0.25) is 0 Å². The fourth-order valence-corrected chi connectivity index (χ4v) is 2.92. The van der Waals surface area contributed by atoms with E-state index in [0.29, 0.717) is 12.5 Å². The van der Waals surface area contributed by atoms with Crippen molar-refractivity contribution in [3.8, 4) is 0 Å². The van der Waals surface area contributed by atoms with Crippen LogP contribution in [0.2, 0.25) is 0 Å². The Labute approximate surface area is 104 Å². The number of hydrogen-bond acceptors (Lipinski definition) is 3. The summed E-state index contributed by atoms with van der Waals surface area (Å²) in [6.07, 6.45) is 2.29. The molecule has 2 rings (SSSR count). The minimum atomic E-state index is -0.0907. The molecule has 3 heteroatoms. The Morgan fingerprint density at radius 3 is 2.76 bits per heavy atom. The van der Waals surface area contributed by atoms with Crippen molar-refractivity contribution in [2.75, 3.05) is 20.6 Å². The molecule has 0 bridgehead atoms. The summed E-state index contributed by atoms with van der Waals surface area (Å²) in [6, 6.07) is 8.69. The summed E-state index contributed by atoms with van der Waals surface area (Å²) < 4.78 is 0. The molecule has 3 N–H and O–H groups in total. The maximum absolute atomic E-state index is 6.06. The van der Waals surface area contributed by atoms with Gasteiger partial charge in [-0.1, -0.05) is 31.2 Å². The molecular weight excluding hydrogens is 210 g/mol. The van der Waals surface area contributed by atoms with E-state index in [9.17, 15) is 0 Å². The Balaban J connectivity index is 2.45. The fourth-order valence-electron chi connectivity index (χ4n) is 2.92. The number of nitrogens with two attached hydrogens (primary N) is 1. The average Bonchev–Trinajstić information content (AvgIpc) is 2.33. The summed E-state index contributed by atoms with van der Waals surface area (Å²) in [5.74, 6) is 0.634. The summed E-state index contributed by atoms with van der Waals surface area (Å²) in [5, 5.41) is 2.01. The number of nitrogens with one attached hydrogen (secondary N) is 1. The lowest BCUT2D eigenvalue weighted by Gasteiger charge is -2.43. The first kappa shape index (κ1) is 12.6. The van der Waals surface area contributed by atoms with Gasteiger partial charge in [0.15, 0.2) is 0 Å². The Bertz CT molecular complexity index is 389. The van der Waals surface area contributed by atoms with Gasteiger partial charge in [-0.15, -0.1) is 0 Å².